The Balaban J connectivity index is 1.56. The van der Waals surface area contributed by atoms with Crippen LogP contribution < -0.4 is 15.0 Å². The molecule has 0 radical (unpaired) electrons. The number of nitrogens with zero attached hydrogens (tertiary/aromatic N) is 2. The molecule has 0 aliphatic heterocycles. The van der Waals surface area contributed by atoms with E-state index in [4.69, 9.17) is 19.2 Å². The minimum Gasteiger partial charge on any atom is -0.493 e. The summed E-state index contributed by atoms with van der Waals surface area (Å²) in [5.41, 5.74) is 2.53. The van der Waals surface area contributed by atoms with E-state index in [9.17, 15) is 9.90 Å². The fraction of sp³-hybridized carbons (Fsp3) is 0.333. The van der Waals surface area contributed by atoms with Crippen LogP contribution in [0.3, 0.4) is 0 Å². The van der Waals surface area contributed by atoms with Gasteiger partial charge in [0, 0.05) is 31.1 Å². The summed E-state index contributed by atoms with van der Waals surface area (Å²) in [7, 11) is 4.82. The zero-order valence-corrected chi connectivity index (χ0v) is 21.5. The normalized spacial score (nSPS) is 12.2. The predicted octanol–water partition coefficient (Wildman–Crippen LogP) is 3.72. The second kappa shape index (κ2) is 12.1. The van der Waals surface area contributed by atoms with Crippen LogP contribution in [0.15, 0.2) is 58.7 Å². The quantitative estimate of drug-likeness (QED) is 0.300. The second-order valence-electron chi connectivity index (χ2n) is 8.48. The lowest BCUT2D eigenvalue weighted by atomic mass is 10.1. The molecule has 2 heterocycles. The van der Waals surface area contributed by atoms with E-state index in [-0.39, 0.29) is 5.56 Å². The molecule has 0 saturated heterocycles. The van der Waals surface area contributed by atoms with Crippen molar-refractivity contribution >= 4 is 21.6 Å². The standard InChI is InChI=1S/C27H31N3O5S/c1-33-12-11-30(15-20(31)13-18-7-5-4-6-8-18)16-24-28-26(32)25-21(17-36-27(25)29-24)19-9-10-22(34-2)23(14-19)35-3/h4-10,14,17,20,31H,11-13,15-16H2,1-3H3,(H,28,29,32). The van der Waals surface area contributed by atoms with Crippen LogP contribution in [0, 0.1) is 0 Å². The molecule has 0 saturated carbocycles. The highest BCUT2D eigenvalue weighted by atomic mass is 32.1. The molecule has 2 aromatic carbocycles. The fourth-order valence-electron chi connectivity index (χ4n) is 4.20. The summed E-state index contributed by atoms with van der Waals surface area (Å²) in [4.78, 5) is 23.5. The number of aromatic nitrogens is 2. The van der Waals surface area contributed by atoms with Gasteiger partial charge >= 0.3 is 0 Å². The number of methoxy groups -OCH3 is 3. The van der Waals surface area contributed by atoms with Gasteiger partial charge in [0.15, 0.2) is 11.5 Å². The van der Waals surface area contributed by atoms with E-state index in [1.54, 1.807) is 21.3 Å². The van der Waals surface area contributed by atoms with Gasteiger partial charge in [-0.05, 0) is 29.7 Å². The molecule has 1 atom stereocenters. The Bertz CT molecular complexity index is 1340. The number of aromatic amines is 1. The number of H-pyrrole nitrogens is 1. The van der Waals surface area contributed by atoms with E-state index in [1.165, 1.54) is 11.3 Å². The first kappa shape index (κ1) is 25.8. The summed E-state index contributed by atoms with van der Waals surface area (Å²) in [5.74, 6) is 1.77. The molecule has 0 aliphatic carbocycles. The van der Waals surface area contributed by atoms with Crippen LogP contribution >= 0.6 is 11.3 Å². The van der Waals surface area contributed by atoms with Crippen LogP contribution in [-0.4, -0.2) is 67.1 Å². The van der Waals surface area contributed by atoms with Gasteiger partial charge in [-0.2, -0.15) is 0 Å². The monoisotopic (exact) mass is 509 g/mol. The van der Waals surface area contributed by atoms with Gasteiger partial charge in [0.2, 0.25) is 0 Å². The summed E-state index contributed by atoms with van der Waals surface area (Å²) < 4.78 is 16.0. The molecule has 190 valence electrons. The maximum Gasteiger partial charge on any atom is 0.260 e. The molecule has 4 rings (SSSR count). The van der Waals surface area contributed by atoms with Crippen molar-refractivity contribution in [2.75, 3.05) is 41.0 Å². The molecule has 2 aromatic heterocycles. The van der Waals surface area contributed by atoms with Crippen molar-refractivity contribution in [2.45, 2.75) is 19.1 Å². The molecular weight excluding hydrogens is 478 g/mol. The van der Waals surface area contributed by atoms with Gasteiger partial charge in [-0.15, -0.1) is 11.3 Å². The third-order valence-electron chi connectivity index (χ3n) is 5.96. The Morgan fingerprint density at radius 1 is 1.08 bits per heavy atom. The minimum atomic E-state index is -0.557. The fourth-order valence-corrected chi connectivity index (χ4v) is 5.17. The van der Waals surface area contributed by atoms with Crippen molar-refractivity contribution < 1.29 is 19.3 Å². The first-order valence-corrected chi connectivity index (χ1v) is 12.6. The number of aliphatic hydroxyl groups is 1. The van der Waals surface area contributed by atoms with E-state index in [0.717, 1.165) is 16.7 Å². The second-order valence-corrected chi connectivity index (χ2v) is 9.34. The van der Waals surface area contributed by atoms with Gasteiger partial charge in [-0.3, -0.25) is 9.69 Å². The Kier molecular flexibility index (Phi) is 8.71. The van der Waals surface area contributed by atoms with Crippen molar-refractivity contribution in [3.8, 4) is 22.6 Å². The maximum absolute atomic E-state index is 13.2. The Morgan fingerprint density at radius 2 is 1.86 bits per heavy atom. The maximum atomic E-state index is 13.2. The Hall–Kier alpha value is -3.24. The van der Waals surface area contributed by atoms with Crippen LogP contribution in [0.1, 0.15) is 11.4 Å². The first-order chi connectivity index (χ1) is 17.5. The van der Waals surface area contributed by atoms with Gasteiger partial charge in [0.25, 0.3) is 5.56 Å². The molecule has 0 bridgehead atoms. The molecular formula is C27H31N3O5S. The number of hydrogen-bond acceptors (Lipinski definition) is 8. The molecule has 0 fully saturated rings. The summed E-state index contributed by atoms with van der Waals surface area (Å²) in [5, 5.41) is 13.2. The highest BCUT2D eigenvalue weighted by Crippen LogP contribution is 2.36. The molecule has 0 spiro atoms. The topological polar surface area (TPSA) is 96.9 Å². The summed E-state index contributed by atoms with van der Waals surface area (Å²) in [6.07, 6.45) is -0.00879. The zero-order valence-electron chi connectivity index (χ0n) is 20.7. The number of thiophene rings is 1. The van der Waals surface area contributed by atoms with Crippen LogP contribution in [0.25, 0.3) is 21.3 Å². The molecule has 9 heteroatoms. The van der Waals surface area contributed by atoms with Crippen molar-refractivity contribution in [3.63, 3.8) is 0 Å². The minimum absolute atomic E-state index is 0.197. The Labute approximate surface area is 214 Å². The predicted molar refractivity (Wildman–Crippen MR) is 142 cm³/mol. The van der Waals surface area contributed by atoms with E-state index in [0.29, 0.717) is 60.2 Å². The highest BCUT2D eigenvalue weighted by Gasteiger charge is 2.18. The number of aliphatic hydroxyl groups excluding tert-OH is 1. The SMILES string of the molecule is COCCN(Cc1nc2scc(-c3ccc(OC)c(OC)c3)c2c(=O)[nH]1)CC(O)Cc1ccccc1. The third-order valence-corrected chi connectivity index (χ3v) is 6.83. The summed E-state index contributed by atoms with van der Waals surface area (Å²) in [6, 6.07) is 15.5. The van der Waals surface area contributed by atoms with Gasteiger partial charge in [0.05, 0.1) is 38.9 Å². The molecule has 2 N–H and O–H groups in total. The number of ether oxygens (including phenoxy) is 3. The molecule has 1 unspecified atom stereocenters. The van der Waals surface area contributed by atoms with Crippen molar-refractivity contribution in [1.82, 2.24) is 14.9 Å². The number of nitrogens with one attached hydrogen (secondary N) is 1. The van der Waals surface area contributed by atoms with Crippen molar-refractivity contribution in [3.05, 3.63) is 75.7 Å². The van der Waals surface area contributed by atoms with Crippen molar-refractivity contribution in [2.24, 2.45) is 0 Å². The largest absolute Gasteiger partial charge is 0.493 e. The Morgan fingerprint density at radius 3 is 2.58 bits per heavy atom. The van der Waals surface area contributed by atoms with Crippen LogP contribution in [0.2, 0.25) is 0 Å². The van der Waals surface area contributed by atoms with Crippen molar-refractivity contribution in [1.29, 1.82) is 0 Å². The van der Waals surface area contributed by atoms with E-state index >= 15 is 0 Å². The van der Waals surface area contributed by atoms with Gasteiger partial charge in [-0.25, -0.2) is 4.98 Å². The van der Waals surface area contributed by atoms with E-state index in [1.807, 2.05) is 58.8 Å². The molecule has 36 heavy (non-hydrogen) atoms. The van der Waals surface area contributed by atoms with Crippen LogP contribution in [0.4, 0.5) is 0 Å². The average Bonchev–Trinajstić information content (AvgIpc) is 3.32. The molecule has 4 aromatic rings. The number of fused-ring (bicyclic) bond motifs is 1. The lowest BCUT2D eigenvalue weighted by Gasteiger charge is -2.24. The van der Waals surface area contributed by atoms with Gasteiger partial charge in [-0.1, -0.05) is 36.4 Å². The highest BCUT2D eigenvalue weighted by molar-refractivity contribution is 7.17. The average molecular weight is 510 g/mol. The van der Waals surface area contributed by atoms with E-state index < -0.39 is 6.10 Å². The number of rotatable bonds is 12. The summed E-state index contributed by atoms with van der Waals surface area (Å²) >= 11 is 1.43. The number of hydrogen-bond donors (Lipinski definition) is 2. The lowest BCUT2D eigenvalue weighted by Crippen LogP contribution is -2.36. The third kappa shape index (κ3) is 6.11. The van der Waals surface area contributed by atoms with Crippen LogP contribution in [-0.2, 0) is 17.7 Å². The molecule has 0 aliphatic rings. The first-order valence-electron chi connectivity index (χ1n) is 11.7. The smallest absolute Gasteiger partial charge is 0.260 e. The molecule has 8 nitrogen and oxygen atoms in total. The van der Waals surface area contributed by atoms with Gasteiger partial charge < -0.3 is 24.3 Å². The van der Waals surface area contributed by atoms with Crippen LogP contribution in [0.5, 0.6) is 11.5 Å². The summed E-state index contributed by atoms with van der Waals surface area (Å²) in [6.45, 7) is 1.93. The van der Waals surface area contributed by atoms with Gasteiger partial charge in [0.1, 0.15) is 10.7 Å². The molecule has 0 amide bonds. The zero-order chi connectivity index (χ0) is 25.5. The van der Waals surface area contributed by atoms with E-state index in [2.05, 4.69) is 4.98 Å². The lowest BCUT2D eigenvalue weighted by molar-refractivity contribution is 0.0837. The number of benzene rings is 2.